The quantitative estimate of drug-likeness (QED) is 0.229. The molecule has 0 atom stereocenters. The molecule has 0 aliphatic rings. The summed E-state index contributed by atoms with van der Waals surface area (Å²) in [6.45, 7) is 2.23. The Kier molecular flexibility index (Phi) is 8.55. The van der Waals surface area contributed by atoms with Crippen LogP contribution in [-0.2, 0) is 9.53 Å². The van der Waals surface area contributed by atoms with Crippen molar-refractivity contribution in [2.24, 2.45) is 0 Å². The minimum Gasteiger partial charge on any atom is -0.497 e. The van der Waals surface area contributed by atoms with Crippen molar-refractivity contribution < 1.29 is 33.4 Å². The Hall–Kier alpha value is -3.49. The summed E-state index contributed by atoms with van der Waals surface area (Å²) in [5.74, 6) is 1.28. The van der Waals surface area contributed by atoms with Gasteiger partial charge in [-0.25, -0.2) is 4.79 Å². The first kappa shape index (κ1) is 21.8. The summed E-state index contributed by atoms with van der Waals surface area (Å²) in [6.07, 6.45) is 0.570. The third kappa shape index (κ3) is 7.21. The van der Waals surface area contributed by atoms with Gasteiger partial charge in [0.25, 0.3) is 5.69 Å². The molecule has 0 fully saturated rings. The predicted molar refractivity (Wildman–Crippen MR) is 104 cm³/mol. The molecule has 2 rings (SSSR count). The van der Waals surface area contributed by atoms with Crippen molar-refractivity contribution in [2.45, 2.75) is 13.3 Å². The van der Waals surface area contributed by atoms with Gasteiger partial charge in [0.1, 0.15) is 11.5 Å². The molecular weight excluding hydrogens is 382 g/mol. The molecule has 9 nitrogen and oxygen atoms in total. The zero-order valence-electron chi connectivity index (χ0n) is 16.3. The highest BCUT2D eigenvalue weighted by Crippen LogP contribution is 2.31. The fourth-order valence-corrected chi connectivity index (χ4v) is 2.28. The van der Waals surface area contributed by atoms with Crippen molar-refractivity contribution >= 4 is 11.7 Å². The molecule has 0 spiro atoms. The summed E-state index contributed by atoms with van der Waals surface area (Å²) in [4.78, 5) is 21.9. The topological polar surface area (TPSA) is 106 Å². The second-order valence-corrected chi connectivity index (χ2v) is 5.71. The Morgan fingerprint density at radius 1 is 0.966 bits per heavy atom. The van der Waals surface area contributed by atoms with Gasteiger partial charge in [0.2, 0.25) is 0 Å². The molecule has 0 amide bonds. The molecule has 0 radical (unpaired) electrons. The Bertz CT molecular complexity index is 807. The lowest BCUT2D eigenvalue weighted by Crippen LogP contribution is -2.15. The molecule has 0 aliphatic heterocycles. The smallest absolute Gasteiger partial charge is 0.344 e. The van der Waals surface area contributed by atoms with E-state index in [1.807, 2.05) is 0 Å². The summed E-state index contributed by atoms with van der Waals surface area (Å²) in [7, 11) is 1.59. The number of hydrogen-bond acceptors (Lipinski definition) is 8. The lowest BCUT2D eigenvalue weighted by Gasteiger charge is -2.13. The number of ether oxygens (including phenoxy) is 5. The van der Waals surface area contributed by atoms with Crippen molar-refractivity contribution in [1.29, 1.82) is 0 Å². The maximum absolute atomic E-state index is 11.5. The summed E-state index contributed by atoms with van der Waals surface area (Å²) >= 11 is 0. The first-order chi connectivity index (χ1) is 14.0. The van der Waals surface area contributed by atoms with E-state index in [1.54, 1.807) is 38.3 Å². The molecule has 0 saturated carbocycles. The normalized spacial score (nSPS) is 10.1. The highest BCUT2D eigenvalue weighted by Gasteiger charge is 2.15. The van der Waals surface area contributed by atoms with Gasteiger partial charge in [-0.3, -0.25) is 10.1 Å². The van der Waals surface area contributed by atoms with Crippen LogP contribution in [0.2, 0.25) is 0 Å². The number of non-ortho nitro benzene ring substituents is 1. The van der Waals surface area contributed by atoms with Gasteiger partial charge in [-0.1, -0.05) is 0 Å². The van der Waals surface area contributed by atoms with Crippen molar-refractivity contribution in [2.75, 3.05) is 33.5 Å². The van der Waals surface area contributed by atoms with Crippen LogP contribution >= 0.6 is 0 Å². The van der Waals surface area contributed by atoms with E-state index in [4.69, 9.17) is 23.7 Å². The fourth-order valence-electron chi connectivity index (χ4n) is 2.28. The summed E-state index contributed by atoms with van der Waals surface area (Å²) in [6, 6.07) is 11.2. The van der Waals surface area contributed by atoms with Crippen LogP contribution in [0.25, 0.3) is 0 Å². The number of nitro benzene ring substituents is 1. The van der Waals surface area contributed by atoms with Gasteiger partial charge in [0, 0.05) is 12.5 Å². The van der Waals surface area contributed by atoms with Crippen LogP contribution < -0.4 is 18.9 Å². The number of methoxy groups -OCH3 is 1. The largest absolute Gasteiger partial charge is 0.497 e. The van der Waals surface area contributed by atoms with E-state index in [0.717, 1.165) is 5.75 Å². The second kappa shape index (κ2) is 11.4. The minimum atomic E-state index is -0.571. The zero-order valence-corrected chi connectivity index (χ0v) is 16.3. The van der Waals surface area contributed by atoms with Crippen LogP contribution in [0.1, 0.15) is 13.3 Å². The maximum Gasteiger partial charge on any atom is 0.344 e. The lowest BCUT2D eigenvalue weighted by molar-refractivity contribution is -0.385. The molecule has 2 aromatic rings. The molecule has 0 bridgehead atoms. The number of carbonyl (C=O) groups excluding carboxylic acids is 1. The average Bonchev–Trinajstić information content (AvgIpc) is 2.73. The highest BCUT2D eigenvalue weighted by atomic mass is 16.6. The number of carbonyl (C=O) groups is 1. The van der Waals surface area contributed by atoms with Crippen LogP contribution in [-0.4, -0.2) is 44.4 Å². The van der Waals surface area contributed by atoms with E-state index >= 15 is 0 Å². The number of rotatable bonds is 12. The molecule has 2 aromatic carbocycles. The van der Waals surface area contributed by atoms with E-state index in [-0.39, 0.29) is 24.7 Å². The van der Waals surface area contributed by atoms with Crippen molar-refractivity contribution in [3.63, 3.8) is 0 Å². The van der Waals surface area contributed by atoms with Gasteiger partial charge < -0.3 is 23.7 Å². The number of nitro groups is 1. The standard InChI is InChI=1S/C20H23NO8/c1-3-26-20(22)14-29-19-13-15(21(23)24)5-10-18(19)28-12-4-11-27-17-8-6-16(25-2)7-9-17/h5-10,13H,3-4,11-12,14H2,1-2H3. The number of benzene rings is 2. The molecule has 0 aromatic heterocycles. The summed E-state index contributed by atoms with van der Waals surface area (Å²) in [5, 5.41) is 11.0. The van der Waals surface area contributed by atoms with Crippen molar-refractivity contribution in [3.8, 4) is 23.0 Å². The van der Waals surface area contributed by atoms with Gasteiger partial charge in [-0.2, -0.15) is 0 Å². The van der Waals surface area contributed by atoms with Crippen LogP contribution in [0, 0.1) is 10.1 Å². The van der Waals surface area contributed by atoms with Gasteiger partial charge in [0.05, 0.1) is 37.9 Å². The molecule has 29 heavy (non-hydrogen) atoms. The molecule has 0 unspecified atom stereocenters. The van der Waals surface area contributed by atoms with E-state index in [1.165, 1.54) is 18.2 Å². The van der Waals surface area contributed by atoms with Gasteiger partial charge >= 0.3 is 5.97 Å². The van der Waals surface area contributed by atoms with Gasteiger partial charge in [0.15, 0.2) is 18.1 Å². The van der Waals surface area contributed by atoms with E-state index < -0.39 is 10.9 Å². The highest BCUT2D eigenvalue weighted by molar-refractivity contribution is 5.71. The number of esters is 1. The first-order valence-corrected chi connectivity index (χ1v) is 9.00. The third-order valence-corrected chi connectivity index (χ3v) is 3.66. The Morgan fingerprint density at radius 2 is 1.66 bits per heavy atom. The first-order valence-electron chi connectivity index (χ1n) is 9.00. The minimum absolute atomic E-state index is 0.100. The molecule has 0 saturated heterocycles. The van der Waals surface area contributed by atoms with E-state index in [9.17, 15) is 14.9 Å². The average molecular weight is 405 g/mol. The van der Waals surface area contributed by atoms with Gasteiger partial charge in [-0.15, -0.1) is 0 Å². The molecule has 0 N–H and O–H groups in total. The molecule has 156 valence electrons. The monoisotopic (exact) mass is 405 g/mol. The van der Waals surface area contributed by atoms with Crippen molar-refractivity contribution in [1.82, 2.24) is 0 Å². The van der Waals surface area contributed by atoms with Crippen LogP contribution in [0.15, 0.2) is 42.5 Å². The fraction of sp³-hybridized carbons (Fsp3) is 0.350. The third-order valence-electron chi connectivity index (χ3n) is 3.66. The van der Waals surface area contributed by atoms with Gasteiger partial charge in [-0.05, 0) is 37.3 Å². The number of nitrogens with zero attached hydrogens (tertiary/aromatic N) is 1. The lowest BCUT2D eigenvalue weighted by atomic mass is 10.3. The summed E-state index contributed by atoms with van der Waals surface area (Å²) in [5.41, 5.74) is -0.168. The van der Waals surface area contributed by atoms with Crippen molar-refractivity contribution in [3.05, 3.63) is 52.6 Å². The predicted octanol–water partition coefficient (Wildman–Crippen LogP) is 3.39. The number of hydrogen-bond donors (Lipinski definition) is 0. The molecule has 0 heterocycles. The Labute approximate surface area is 168 Å². The Balaban J connectivity index is 1.87. The summed E-state index contributed by atoms with van der Waals surface area (Å²) < 4.78 is 26.5. The molecule has 9 heteroatoms. The zero-order chi connectivity index (χ0) is 21.1. The molecule has 0 aliphatic carbocycles. The SMILES string of the molecule is CCOC(=O)COc1cc([N+](=O)[O-])ccc1OCCCOc1ccc(OC)cc1. The van der Waals surface area contributed by atoms with E-state index in [0.29, 0.717) is 31.1 Å². The second-order valence-electron chi connectivity index (χ2n) is 5.71. The Morgan fingerprint density at radius 3 is 2.31 bits per heavy atom. The van der Waals surface area contributed by atoms with Crippen LogP contribution in [0.4, 0.5) is 5.69 Å². The van der Waals surface area contributed by atoms with E-state index in [2.05, 4.69) is 0 Å². The van der Waals surface area contributed by atoms with Crippen LogP contribution in [0.5, 0.6) is 23.0 Å². The molecular formula is C20H23NO8. The van der Waals surface area contributed by atoms with Crippen LogP contribution in [0.3, 0.4) is 0 Å². The maximum atomic E-state index is 11.5.